The second-order valence-electron chi connectivity index (χ2n) is 6.69. The molecule has 3 heteroatoms. The highest BCUT2D eigenvalue weighted by atomic mass is 16.4. The van der Waals surface area contributed by atoms with Gasteiger partial charge in [0.05, 0.1) is 12.0 Å². The third-order valence-electron chi connectivity index (χ3n) is 5.38. The molecule has 0 spiro atoms. The predicted molar refractivity (Wildman–Crippen MR) is 74.8 cm³/mol. The summed E-state index contributed by atoms with van der Waals surface area (Å²) in [5.41, 5.74) is 0. The van der Waals surface area contributed by atoms with Crippen LogP contribution in [-0.4, -0.2) is 22.3 Å². The van der Waals surface area contributed by atoms with E-state index < -0.39 is 18.0 Å². The first kappa shape index (κ1) is 14.8. The number of aliphatic carboxylic acids is 1. The summed E-state index contributed by atoms with van der Waals surface area (Å²) in [6, 6.07) is 0. The van der Waals surface area contributed by atoms with Gasteiger partial charge in [-0.15, -0.1) is 0 Å². The molecule has 4 unspecified atom stereocenters. The standard InChI is InChI=1S/C16H28O3/c1-11(17)15(16(18)19)14-9-5-8-13(10-14)12-6-3-2-4-7-12/h11-15,17H,2-10H2,1H3,(H,18,19). The van der Waals surface area contributed by atoms with E-state index in [0.717, 1.165) is 25.2 Å². The fraction of sp³-hybridized carbons (Fsp3) is 0.938. The summed E-state index contributed by atoms with van der Waals surface area (Å²) < 4.78 is 0. The van der Waals surface area contributed by atoms with Gasteiger partial charge in [-0.05, 0) is 37.5 Å². The largest absolute Gasteiger partial charge is 0.481 e. The SMILES string of the molecule is CC(O)C(C(=O)O)C1CCCC(C2CCCCC2)C1. The molecule has 0 saturated heterocycles. The minimum Gasteiger partial charge on any atom is -0.481 e. The fourth-order valence-electron chi connectivity index (χ4n) is 4.43. The Morgan fingerprint density at radius 1 is 1.00 bits per heavy atom. The molecule has 0 aromatic rings. The van der Waals surface area contributed by atoms with Crippen LogP contribution in [0.1, 0.15) is 64.7 Å². The van der Waals surface area contributed by atoms with Gasteiger partial charge in [0, 0.05) is 0 Å². The Balaban J connectivity index is 1.97. The number of carboxylic acid groups (broad SMARTS) is 1. The summed E-state index contributed by atoms with van der Waals surface area (Å²) in [6.45, 7) is 1.63. The molecule has 4 atom stereocenters. The Hall–Kier alpha value is -0.570. The molecule has 2 rings (SSSR count). The molecule has 0 amide bonds. The van der Waals surface area contributed by atoms with Gasteiger partial charge in [0.15, 0.2) is 0 Å². The average Bonchev–Trinajstić information content (AvgIpc) is 2.39. The third kappa shape index (κ3) is 3.71. The van der Waals surface area contributed by atoms with Gasteiger partial charge in [0.25, 0.3) is 0 Å². The van der Waals surface area contributed by atoms with Crippen LogP contribution >= 0.6 is 0 Å². The number of carbonyl (C=O) groups is 1. The third-order valence-corrected chi connectivity index (χ3v) is 5.38. The monoisotopic (exact) mass is 268 g/mol. The van der Waals surface area contributed by atoms with Crippen molar-refractivity contribution in [1.82, 2.24) is 0 Å². The summed E-state index contributed by atoms with van der Waals surface area (Å²) in [4.78, 5) is 11.4. The molecule has 0 heterocycles. The quantitative estimate of drug-likeness (QED) is 0.821. The second-order valence-corrected chi connectivity index (χ2v) is 6.69. The molecular weight excluding hydrogens is 240 g/mol. The van der Waals surface area contributed by atoms with Gasteiger partial charge in [0.1, 0.15) is 0 Å². The number of carboxylic acids is 1. The molecule has 19 heavy (non-hydrogen) atoms. The molecule has 2 N–H and O–H groups in total. The highest BCUT2D eigenvalue weighted by Gasteiger charge is 2.37. The van der Waals surface area contributed by atoms with Crippen LogP contribution in [0, 0.1) is 23.7 Å². The van der Waals surface area contributed by atoms with E-state index in [1.54, 1.807) is 6.92 Å². The molecular formula is C16H28O3. The second kappa shape index (κ2) is 6.74. The van der Waals surface area contributed by atoms with Gasteiger partial charge < -0.3 is 10.2 Å². The molecule has 2 saturated carbocycles. The summed E-state index contributed by atoms with van der Waals surface area (Å²) in [6.07, 6.45) is 10.4. The predicted octanol–water partition coefficient (Wildman–Crippen LogP) is 3.45. The van der Waals surface area contributed by atoms with Crippen molar-refractivity contribution in [2.24, 2.45) is 23.7 Å². The lowest BCUT2D eigenvalue weighted by molar-refractivity contribution is -0.149. The minimum atomic E-state index is -0.815. The minimum absolute atomic E-state index is 0.179. The van der Waals surface area contributed by atoms with Crippen LogP contribution in [0.5, 0.6) is 0 Å². The van der Waals surface area contributed by atoms with Crippen LogP contribution in [0.3, 0.4) is 0 Å². The van der Waals surface area contributed by atoms with Crippen molar-refractivity contribution >= 4 is 5.97 Å². The average molecular weight is 268 g/mol. The van der Waals surface area contributed by atoms with Crippen LogP contribution in [0.2, 0.25) is 0 Å². The smallest absolute Gasteiger partial charge is 0.309 e. The van der Waals surface area contributed by atoms with Crippen molar-refractivity contribution in [3.63, 3.8) is 0 Å². The molecule has 2 fully saturated rings. The summed E-state index contributed by atoms with van der Waals surface area (Å²) >= 11 is 0. The van der Waals surface area contributed by atoms with Crippen LogP contribution in [0.25, 0.3) is 0 Å². The zero-order valence-electron chi connectivity index (χ0n) is 12.1. The van der Waals surface area contributed by atoms with Gasteiger partial charge in [-0.25, -0.2) is 0 Å². The first-order valence-electron chi connectivity index (χ1n) is 8.00. The van der Waals surface area contributed by atoms with Gasteiger partial charge in [-0.2, -0.15) is 0 Å². The Labute approximate surface area is 116 Å². The molecule has 2 aliphatic rings. The van der Waals surface area contributed by atoms with Gasteiger partial charge in [-0.3, -0.25) is 4.79 Å². The number of aliphatic hydroxyl groups is 1. The topological polar surface area (TPSA) is 57.5 Å². The zero-order chi connectivity index (χ0) is 13.8. The molecule has 3 nitrogen and oxygen atoms in total. The van der Waals surface area contributed by atoms with E-state index in [1.165, 1.54) is 38.5 Å². The molecule has 0 bridgehead atoms. The first-order chi connectivity index (χ1) is 9.09. The van der Waals surface area contributed by atoms with Crippen molar-refractivity contribution in [2.75, 3.05) is 0 Å². The number of aliphatic hydroxyl groups excluding tert-OH is 1. The van der Waals surface area contributed by atoms with E-state index in [0.29, 0.717) is 5.92 Å². The lowest BCUT2D eigenvalue weighted by Crippen LogP contribution is -2.37. The molecule has 0 aliphatic heterocycles. The van der Waals surface area contributed by atoms with Crippen LogP contribution < -0.4 is 0 Å². The van der Waals surface area contributed by atoms with Crippen molar-refractivity contribution in [1.29, 1.82) is 0 Å². The van der Waals surface area contributed by atoms with Gasteiger partial charge >= 0.3 is 5.97 Å². The number of hydrogen-bond acceptors (Lipinski definition) is 2. The molecule has 110 valence electrons. The normalized spacial score (nSPS) is 32.7. The Morgan fingerprint density at radius 2 is 1.63 bits per heavy atom. The van der Waals surface area contributed by atoms with Gasteiger partial charge in [-0.1, -0.05) is 44.9 Å². The van der Waals surface area contributed by atoms with E-state index in [4.69, 9.17) is 0 Å². The number of rotatable bonds is 4. The van der Waals surface area contributed by atoms with Crippen LogP contribution in [0.15, 0.2) is 0 Å². The van der Waals surface area contributed by atoms with E-state index >= 15 is 0 Å². The van der Waals surface area contributed by atoms with Crippen molar-refractivity contribution in [2.45, 2.75) is 70.8 Å². The Morgan fingerprint density at radius 3 is 2.21 bits per heavy atom. The van der Waals surface area contributed by atoms with Crippen molar-refractivity contribution in [3.8, 4) is 0 Å². The number of hydrogen-bond donors (Lipinski definition) is 2. The molecule has 2 aliphatic carbocycles. The highest BCUT2D eigenvalue weighted by Crippen LogP contribution is 2.42. The van der Waals surface area contributed by atoms with E-state index in [1.807, 2.05) is 0 Å². The van der Waals surface area contributed by atoms with E-state index in [9.17, 15) is 15.0 Å². The highest BCUT2D eigenvalue weighted by molar-refractivity contribution is 5.71. The van der Waals surface area contributed by atoms with Crippen LogP contribution in [0.4, 0.5) is 0 Å². The Bertz CT molecular complexity index is 294. The summed E-state index contributed by atoms with van der Waals surface area (Å²) in [5, 5.41) is 19.1. The van der Waals surface area contributed by atoms with E-state index in [2.05, 4.69) is 0 Å². The van der Waals surface area contributed by atoms with Gasteiger partial charge in [0.2, 0.25) is 0 Å². The first-order valence-corrected chi connectivity index (χ1v) is 8.00. The van der Waals surface area contributed by atoms with E-state index in [-0.39, 0.29) is 5.92 Å². The zero-order valence-corrected chi connectivity index (χ0v) is 12.1. The lowest BCUT2D eigenvalue weighted by Gasteiger charge is -2.39. The fourth-order valence-corrected chi connectivity index (χ4v) is 4.43. The molecule has 0 radical (unpaired) electrons. The summed E-state index contributed by atoms with van der Waals surface area (Å²) in [5.74, 6) is 0.327. The maximum absolute atomic E-state index is 11.4. The lowest BCUT2D eigenvalue weighted by atomic mass is 9.67. The molecule has 0 aromatic carbocycles. The summed E-state index contributed by atoms with van der Waals surface area (Å²) in [7, 11) is 0. The maximum atomic E-state index is 11.4. The Kier molecular flexibility index (Phi) is 5.26. The van der Waals surface area contributed by atoms with Crippen LogP contribution in [-0.2, 0) is 4.79 Å². The molecule has 0 aromatic heterocycles. The van der Waals surface area contributed by atoms with Crippen molar-refractivity contribution in [3.05, 3.63) is 0 Å². The maximum Gasteiger partial charge on any atom is 0.309 e. The van der Waals surface area contributed by atoms with Crippen molar-refractivity contribution < 1.29 is 15.0 Å².